The number of rotatable bonds is 4. The van der Waals surface area contributed by atoms with Crippen molar-refractivity contribution in [3.8, 4) is 0 Å². The third-order valence-electron chi connectivity index (χ3n) is 4.01. The van der Waals surface area contributed by atoms with E-state index < -0.39 is 17.2 Å². The first-order valence-electron chi connectivity index (χ1n) is 7.82. The van der Waals surface area contributed by atoms with Gasteiger partial charge in [-0.3, -0.25) is 0 Å². The Kier molecular flexibility index (Phi) is 5.22. The zero-order valence-corrected chi connectivity index (χ0v) is 16.0. The van der Waals surface area contributed by atoms with Gasteiger partial charge in [0.2, 0.25) is 0 Å². The minimum atomic E-state index is -1.37. The molecule has 2 bridgehead atoms. The van der Waals surface area contributed by atoms with Crippen LogP contribution in [-0.4, -0.2) is 55.4 Å². The van der Waals surface area contributed by atoms with E-state index in [9.17, 15) is 0 Å². The Balaban J connectivity index is 1.44. The van der Waals surface area contributed by atoms with Gasteiger partial charge in [-0.25, -0.2) is 0 Å². The molecule has 10 heteroatoms. The van der Waals surface area contributed by atoms with Crippen molar-refractivity contribution >= 4 is 29.0 Å². The second kappa shape index (κ2) is 6.92. The Bertz CT molecular complexity index is 433. The predicted octanol–water partition coefficient (Wildman–Crippen LogP) is 3.19. The Morgan fingerprint density at radius 1 is 1.13 bits per heavy atom. The molecule has 0 aromatic heterocycles. The average molecular weight is 384 g/mol. The lowest BCUT2D eigenvalue weighted by molar-refractivity contribution is -0.0508. The van der Waals surface area contributed by atoms with E-state index in [0.29, 0.717) is 19.8 Å². The van der Waals surface area contributed by atoms with Crippen LogP contribution in [0.4, 0.5) is 0 Å². The Morgan fingerprint density at radius 3 is 2.65 bits per heavy atom. The van der Waals surface area contributed by atoms with Gasteiger partial charge in [-0.15, -0.1) is 11.8 Å². The van der Waals surface area contributed by atoms with E-state index >= 15 is 0 Å². The molecule has 0 spiro atoms. The summed E-state index contributed by atoms with van der Waals surface area (Å²) in [5, 5.41) is 0. The van der Waals surface area contributed by atoms with Gasteiger partial charge in [0, 0.05) is 5.41 Å². The van der Waals surface area contributed by atoms with Crippen molar-refractivity contribution in [1.29, 1.82) is 0 Å². The van der Waals surface area contributed by atoms with Crippen LogP contribution in [0.3, 0.4) is 0 Å². The normalized spacial score (nSPS) is 46.0. The summed E-state index contributed by atoms with van der Waals surface area (Å²) < 4.78 is 40.9. The first-order valence-corrected chi connectivity index (χ1v) is 11.1. The summed E-state index contributed by atoms with van der Waals surface area (Å²) in [5.41, 5.74) is -0.0707. The van der Waals surface area contributed by atoms with Gasteiger partial charge in [-0.1, -0.05) is 20.8 Å². The van der Waals surface area contributed by atoms with E-state index in [1.165, 1.54) is 0 Å². The van der Waals surface area contributed by atoms with Gasteiger partial charge in [-0.05, 0) is 5.75 Å². The lowest BCUT2D eigenvalue weighted by atomic mass is 9.97. The van der Waals surface area contributed by atoms with E-state index in [4.69, 9.17) is 31.9 Å². The fourth-order valence-electron chi connectivity index (χ4n) is 2.79. The smallest absolute Gasteiger partial charge is 0.333 e. The maximum Gasteiger partial charge on any atom is 0.333 e. The van der Waals surface area contributed by atoms with Crippen molar-refractivity contribution in [2.45, 2.75) is 50.6 Å². The van der Waals surface area contributed by atoms with Gasteiger partial charge in [0.1, 0.15) is 29.9 Å². The third kappa shape index (κ3) is 3.59. The lowest BCUT2D eigenvalue weighted by Gasteiger charge is -2.35. The molecule has 0 saturated carbocycles. The largest absolute Gasteiger partial charge is 0.356 e. The number of fused-ring (bicyclic) bond motifs is 4. The molecule has 4 fully saturated rings. The van der Waals surface area contributed by atoms with Crippen LogP contribution in [0.2, 0.25) is 0 Å². The molecule has 4 saturated heterocycles. The van der Waals surface area contributed by atoms with Crippen molar-refractivity contribution in [2.75, 3.05) is 25.6 Å². The highest BCUT2D eigenvalue weighted by atomic mass is 32.2. The van der Waals surface area contributed by atoms with E-state index in [2.05, 4.69) is 20.8 Å². The summed E-state index contributed by atoms with van der Waals surface area (Å²) in [7, 11) is -2.63. The molecule has 6 atom stereocenters. The molecule has 4 aliphatic rings. The fourth-order valence-corrected chi connectivity index (χ4v) is 6.62. The lowest BCUT2D eigenvalue weighted by Crippen LogP contribution is -2.43. The average Bonchev–Trinajstić information content (AvgIpc) is 3.06. The molecule has 0 aromatic rings. The monoisotopic (exact) mass is 384 g/mol. The van der Waals surface area contributed by atoms with Crippen molar-refractivity contribution in [3.63, 3.8) is 0 Å². The first kappa shape index (κ1) is 17.3. The molecule has 4 aliphatic heterocycles. The van der Waals surface area contributed by atoms with Crippen LogP contribution < -0.4 is 0 Å². The topological polar surface area (TPSA) is 64.6 Å². The molecule has 0 radical (unpaired) electrons. The highest BCUT2D eigenvalue weighted by Crippen LogP contribution is 2.59. The standard InChI is InChI=1S/C13H22O7P2S/c1-4-23-12-11(20-21-15-6-13(2,3)7-16-21)10-9(17-12)8-5-14-22(18-8)19-10/h8-12H,4-7H2,1-3H3/t8-,9-,10+,11-,12-,22?/m1/s1. The number of ether oxygens (including phenoxy) is 1. The van der Waals surface area contributed by atoms with Crippen molar-refractivity contribution in [3.05, 3.63) is 0 Å². The van der Waals surface area contributed by atoms with E-state index in [-0.39, 0.29) is 35.3 Å². The molecule has 0 amide bonds. The first-order chi connectivity index (χ1) is 11.1. The number of thioether (sulfide) groups is 1. The SMILES string of the molecule is CCS[C@H]1O[C@H]2[C@H](OP3OC[C@H]2O3)[C@H]1OP1OCC(C)(C)CO1. The second-order valence-electron chi connectivity index (χ2n) is 6.66. The Hall–Kier alpha value is 0.930. The van der Waals surface area contributed by atoms with Crippen LogP contribution in [0.5, 0.6) is 0 Å². The fraction of sp³-hybridized carbons (Fsp3) is 1.00. The molecule has 0 aromatic carbocycles. The summed E-state index contributed by atoms with van der Waals surface area (Å²) in [6.07, 6.45) is -0.624. The maximum absolute atomic E-state index is 6.15. The number of hydrogen-bond acceptors (Lipinski definition) is 8. The zero-order chi connectivity index (χ0) is 16.0. The quantitative estimate of drug-likeness (QED) is 0.685. The van der Waals surface area contributed by atoms with Crippen molar-refractivity contribution < 1.29 is 31.9 Å². The molecular formula is C13H22O7P2S. The molecule has 4 rings (SSSR count). The molecule has 7 nitrogen and oxygen atoms in total. The van der Waals surface area contributed by atoms with Crippen molar-refractivity contribution in [2.24, 2.45) is 5.41 Å². The molecular weight excluding hydrogens is 362 g/mol. The second-order valence-corrected chi connectivity index (χ2v) is 10.3. The minimum Gasteiger partial charge on any atom is -0.356 e. The van der Waals surface area contributed by atoms with Gasteiger partial charge < -0.3 is 31.9 Å². The summed E-state index contributed by atoms with van der Waals surface area (Å²) in [4.78, 5) is 0. The van der Waals surface area contributed by atoms with Crippen LogP contribution in [0, 0.1) is 5.41 Å². The van der Waals surface area contributed by atoms with Crippen molar-refractivity contribution in [1.82, 2.24) is 0 Å². The van der Waals surface area contributed by atoms with Gasteiger partial charge in [0.05, 0.1) is 19.8 Å². The van der Waals surface area contributed by atoms with E-state index in [1.54, 1.807) is 11.8 Å². The molecule has 0 N–H and O–H groups in total. The molecule has 132 valence electrons. The van der Waals surface area contributed by atoms with Crippen LogP contribution >= 0.6 is 29.0 Å². The highest BCUT2D eigenvalue weighted by Gasteiger charge is 2.58. The van der Waals surface area contributed by atoms with E-state index in [1.807, 2.05) is 0 Å². The van der Waals surface area contributed by atoms with Gasteiger partial charge in [0.15, 0.2) is 0 Å². The molecule has 0 aliphatic carbocycles. The summed E-state index contributed by atoms with van der Waals surface area (Å²) in [6.45, 7) is 8.12. The molecule has 4 heterocycles. The molecule has 1 unspecified atom stereocenters. The summed E-state index contributed by atoms with van der Waals surface area (Å²) >= 11 is 1.71. The Morgan fingerprint density at radius 2 is 1.91 bits per heavy atom. The van der Waals surface area contributed by atoms with Crippen LogP contribution in [0.15, 0.2) is 0 Å². The van der Waals surface area contributed by atoms with Crippen LogP contribution in [0.25, 0.3) is 0 Å². The summed E-state index contributed by atoms with van der Waals surface area (Å²) in [5.74, 6) is 0.938. The van der Waals surface area contributed by atoms with E-state index in [0.717, 1.165) is 5.75 Å². The van der Waals surface area contributed by atoms with Gasteiger partial charge >= 0.3 is 17.2 Å². The predicted molar refractivity (Wildman–Crippen MR) is 86.9 cm³/mol. The maximum atomic E-state index is 6.15. The van der Waals surface area contributed by atoms with Gasteiger partial charge in [-0.2, -0.15) is 0 Å². The zero-order valence-electron chi connectivity index (χ0n) is 13.4. The van der Waals surface area contributed by atoms with Gasteiger partial charge in [0.25, 0.3) is 0 Å². The summed E-state index contributed by atoms with van der Waals surface area (Å²) in [6, 6.07) is 0. The van der Waals surface area contributed by atoms with Crippen LogP contribution in [-0.2, 0) is 31.9 Å². The Labute approximate surface area is 143 Å². The minimum absolute atomic E-state index is 0.0276. The van der Waals surface area contributed by atoms with Crippen LogP contribution in [0.1, 0.15) is 20.8 Å². The number of hydrogen-bond donors (Lipinski definition) is 0. The highest BCUT2D eigenvalue weighted by molar-refractivity contribution is 7.99. The third-order valence-corrected chi connectivity index (χ3v) is 7.36. The molecule has 23 heavy (non-hydrogen) atoms.